The molecule has 1 aromatic heterocycles. The highest BCUT2D eigenvalue weighted by Gasteiger charge is 2.48. The van der Waals surface area contributed by atoms with E-state index in [4.69, 9.17) is 0 Å². The summed E-state index contributed by atoms with van der Waals surface area (Å²) in [5.41, 5.74) is -1.19. The number of hydrogen-bond donors (Lipinski definition) is 1. The normalized spacial score (nSPS) is 15.1. The van der Waals surface area contributed by atoms with Crippen LogP contribution in [-0.4, -0.2) is 18.1 Å². The van der Waals surface area contributed by atoms with Crippen molar-refractivity contribution < 1.29 is 22.7 Å². The van der Waals surface area contributed by atoms with Crippen LogP contribution in [0.4, 0.5) is 19.0 Å². The lowest BCUT2D eigenvalue weighted by atomic mass is 10.0. The van der Waals surface area contributed by atoms with Crippen molar-refractivity contribution in [1.29, 1.82) is 0 Å². The van der Waals surface area contributed by atoms with Crippen molar-refractivity contribution >= 4 is 11.8 Å². The molecule has 0 atom stereocenters. The Morgan fingerprint density at radius 2 is 1.87 bits per heavy atom. The fourth-order valence-electron chi connectivity index (χ4n) is 2.50. The highest BCUT2D eigenvalue weighted by atomic mass is 19.1. The number of nitrogens with one attached hydrogen (secondary N) is 1. The lowest BCUT2D eigenvalue weighted by molar-refractivity contribution is 0.0599. The van der Waals surface area contributed by atoms with E-state index in [2.05, 4.69) is 15.0 Å². The SMILES string of the molecule is COC(=O)c1cnc(NC2(c3c(F)cccc3F)CC2)c(F)c1. The van der Waals surface area contributed by atoms with Crippen molar-refractivity contribution in [2.45, 2.75) is 18.4 Å². The van der Waals surface area contributed by atoms with Gasteiger partial charge in [0.2, 0.25) is 0 Å². The van der Waals surface area contributed by atoms with Crippen molar-refractivity contribution in [2.24, 2.45) is 0 Å². The topological polar surface area (TPSA) is 51.2 Å². The molecule has 0 aliphatic heterocycles. The Balaban J connectivity index is 1.92. The molecule has 2 aromatic rings. The summed E-state index contributed by atoms with van der Waals surface area (Å²) in [5.74, 6) is -3.07. The van der Waals surface area contributed by atoms with Crippen LogP contribution in [-0.2, 0) is 10.3 Å². The first kappa shape index (κ1) is 15.3. The van der Waals surface area contributed by atoms with Gasteiger partial charge in [0, 0.05) is 11.8 Å². The van der Waals surface area contributed by atoms with E-state index in [0.29, 0.717) is 12.8 Å². The minimum absolute atomic E-state index is 0.0440. The van der Waals surface area contributed by atoms with Crippen LogP contribution >= 0.6 is 0 Å². The molecule has 0 radical (unpaired) electrons. The summed E-state index contributed by atoms with van der Waals surface area (Å²) in [6.07, 6.45) is 2.04. The summed E-state index contributed by atoms with van der Waals surface area (Å²) in [7, 11) is 1.17. The van der Waals surface area contributed by atoms with Crippen LogP contribution in [0.5, 0.6) is 0 Å². The largest absolute Gasteiger partial charge is 0.465 e. The number of halogens is 3. The highest BCUT2D eigenvalue weighted by Crippen LogP contribution is 2.50. The number of methoxy groups -OCH3 is 1. The second-order valence-electron chi connectivity index (χ2n) is 5.35. The van der Waals surface area contributed by atoms with Gasteiger partial charge < -0.3 is 10.1 Å². The first-order valence-electron chi connectivity index (χ1n) is 6.93. The smallest absolute Gasteiger partial charge is 0.339 e. The van der Waals surface area contributed by atoms with Gasteiger partial charge in [-0.25, -0.2) is 22.9 Å². The quantitative estimate of drug-likeness (QED) is 0.877. The third-order valence-corrected chi connectivity index (χ3v) is 3.81. The molecule has 1 aliphatic rings. The monoisotopic (exact) mass is 322 g/mol. The Kier molecular flexibility index (Phi) is 3.71. The molecule has 1 N–H and O–H groups in total. The summed E-state index contributed by atoms with van der Waals surface area (Å²) < 4.78 is 46.5. The van der Waals surface area contributed by atoms with Crippen molar-refractivity contribution in [2.75, 3.05) is 12.4 Å². The van der Waals surface area contributed by atoms with Crippen LogP contribution in [0.2, 0.25) is 0 Å². The summed E-state index contributed by atoms with van der Waals surface area (Å²) >= 11 is 0. The zero-order valence-corrected chi connectivity index (χ0v) is 12.2. The third kappa shape index (κ3) is 2.74. The molecular formula is C16H13F3N2O2. The summed E-state index contributed by atoms with van der Waals surface area (Å²) in [4.78, 5) is 15.2. The molecule has 23 heavy (non-hydrogen) atoms. The van der Waals surface area contributed by atoms with E-state index in [1.807, 2.05) is 0 Å². The Hall–Kier alpha value is -2.57. The Bertz CT molecular complexity index is 756. The first-order valence-corrected chi connectivity index (χ1v) is 6.93. The average Bonchev–Trinajstić information content (AvgIpc) is 3.28. The number of anilines is 1. The van der Waals surface area contributed by atoms with Crippen LogP contribution < -0.4 is 5.32 Å². The van der Waals surface area contributed by atoms with Gasteiger partial charge in [0.1, 0.15) is 11.6 Å². The highest BCUT2D eigenvalue weighted by molar-refractivity contribution is 5.89. The zero-order valence-electron chi connectivity index (χ0n) is 12.2. The summed E-state index contributed by atoms with van der Waals surface area (Å²) in [6.45, 7) is 0. The van der Waals surface area contributed by atoms with E-state index in [-0.39, 0.29) is 16.9 Å². The molecule has 0 bridgehead atoms. The number of benzene rings is 1. The Morgan fingerprint density at radius 1 is 1.22 bits per heavy atom. The second-order valence-corrected chi connectivity index (χ2v) is 5.35. The van der Waals surface area contributed by atoms with Crippen molar-refractivity contribution in [3.05, 3.63) is 59.0 Å². The van der Waals surface area contributed by atoms with Crippen LogP contribution in [0.15, 0.2) is 30.5 Å². The molecule has 1 aromatic carbocycles. The van der Waals surface area contributed by atoms with Gasteiger partial charge >= 0.3 is 5.97 Å². The van der Waals surface area contributed by atoms with Crippen LogP contribution in [0, 0.1) is 17.5 Å². The first-order chi connectivity index (χ1) is 11.0. The third-order valence-electron chi connectivity index (χ3n) is 3.81. The van der Waals surface area contributed by atoms with Gasteiger partial charge in [0.05, 0.1) is 18.2 Å². The molecule has 1 heterocycles. The van der Waals surface area contributed by atoms with Crippen molar-refractivity contribution in [1.82, 2.24) is 4.98 Å². The number of rotatable bonds is 4. The lowest BCUT2D eigenvalue weighted by Gasteiger charge is -2.20. The number of esters is 1. The molecule has 120 valence electrons. The van der Waals surface area contributed by atoms with E-state index in [0.717, 1.165) is 24.4 Å². The lowest BCUT2D eigenvalue weighted by Crippen LogP contribution is -2.23. The van der Waals surface area contributed by atoms with E-state index in [9.17, 15) is 18.0 Å². The number of pyridine rings is 1. The van der Waals surface area contributed by atoms with Gasteiger partial charge in [-0.1, -0.05) is 6.07 Å². The van der Waals surface area contributed by atoms with Gasteiger partial charge in [-0.3, -0.25) is 0 Å². The van der Waals surface area contributed by atoms with Crippen LogP contribution in [0.1, 0.15) is 28.8 Å². The minimum atomic E-state index is -1.02. The molecule has 0 saturated heterocycles. The maximum absolute atomic E-state index is 14.1. The van der Waals surface area contributed by atoms with Gasteiger partial charge in [0.25, 0.3) is 0 Å². The summed E-state index contributed by atoms with van der Waals surface area (Å²) in [5, 5.41) is 2.76. The Labute approximate surface area is 130 Å². The predicted octanol–water partition coefficient (Wildman–Crippen LogP) is 3.39. The standard InChI is InChI=1S/C16H13F3N2O2/c1-23-15(22)9-7-12(19)14(20-8-9)21-16(5-6-16)13-10(17)3-2-4-11(13)18/h2-4,7-8H,5-6H2,1H3,(H,20,21). The number of nitrogens with zero attached hydrogens (tertiary/aromatic N) is 1. The number of aromatic nitrogens is 1. The predicted molar refractivity (Wildman–Crippen MR) is 76.4 cm³/mol. The fraction of sp³-hybridized carbons (Fsp3) is 0.250. The summed E-state index contributed by atoms with van der Waals surface area (Å²) in [6, 6.07) is 4.55. The van der Waals surface area contributed by atoms with E-state index in [1.165, 1.54) is 13.2 Å². The minimum Gasteiger partial charge on any atom is -0.465 e. The van der Waals surface area contributed by atoms with Gasteiger partial charge in [-0.05, 0) is 31.0 Å². The van der Waals surface area contributed by atoms with Gasteiger partial charge in [-0.2, -0.15) is 0 Å². The zero-order chi connectivity index (χ0) is 16.6. The maximum Gasteiger partial charge on any atom is 0.339 e. The van der Waals surface area contributed by atoms with E-state index < -0.39 is 29.0 Å². The van der Waals surface area contributed by atoms with Crippen LogP contribution in [0.3, 0.4) is 0 Å². The second kappa shape index (κ2) is 5.57. The van der Waals surface area contributed by atoms with Crippen LogP contribution in [0.25, 0.3) is 0 Å². The molecular weight excluding hydrogens is 309 g/mol. The molecule has 3 rings (SSSR count). The molecule has 1 aliphatic carbocycles. The molecule has 0 spiro atoms. The molecule has 7 heteroatoms. The van der Waals surface area contributed by atoms with E-state index >= 15 is 0 Å². The van der Waals surface area contributed by atoms with Gasteiger partial charge in [-0.15, -0.1) is 0 Å². The molecule has 1 fully saturated rings. The molecule has 1 saturated carbocycles. The molecule has 0 unspecified atom stereocenters. The number of ether oxygens (including phenoxy) is 1. The fourth-order valence-corrected chi connectivity index (χ4v) is 2.50. The van der Waals surface area contributed by atoms with Gasteiger partial charge in [0.15, 0.2) is 11.6 Å². The maximum atomic E-state index is 14.1. The molecule has 4 nitrogen and oxygen atoms in total. The van der Waals surface area contributed by atoms with E-state index in [1.54, 1.807) is 0 Å². The number of hydrogen-bond acceptors (Lipinski definition) is 4. The number of carbonyl (C=O) groups excluding carboxylic acids is 1. The van der Waals surface area contributed by atoms with Crippen molar-refractivity contribution in [3.8, 4) is 0 Å². The van der Waals surface area contributed by atoms with Crippen molar-refractivity contribution in [3.63, 3.8) is 0 Å². The molecule has 0 amide bonds. The number of carbonyl (C=O) groups is 1. The average molecular weight is 322 g/mol. The Morgan fingerprint density at radius 3 is 2.39 bits per heavy atom.